The van der Waals surface area contributed by atoms with Crippen LogP contribution in [0.3, 0.4) is 0 Å². The Kier molecular flexibility index (Phi) is 4.36. The molecule has 1 aromatic heterocycles. The molecular formula is C16H17FN4O2. The van der Waals surface area contributed by atoms with Crippen LogP contribution in [0.2, 0.25) is 0 Å². The molecule has 0 radical (unpaired) electrons. The minimum atomic E-state index is -0.464. The van der Waals surface area contributed by atoms with E-state index in [1.54, 1.807) is 35.4 Å². The van der Waals surface area contributed by atoms with Crippen molar-refractivity contribution < 1.29 is 14.0 Å². The number of hydrogen-bond donors (Lipinski definition) is 2. The summed E-state index contributed by atoms with van der Waals surface area (Å²) in [4.78, 5) is 27.0. The van der Waals surface area contributed by atoms with E-state index in [1.807, 2.05) is 0 Å². The minimum Gasteiger partial charge on any atom is -0.350 e. The Morgan fingerprint density at radius 1 is 1.48 bits per heavy atom. The molecule has 23 heavy (non-hydrogen) atoms. The van der Waals surface area contributed by atoms with Gasteiger partial charge in [0.15, 0.2) is 0 Å². The van der Waals surface area contributed by atoms with Gasteiger partial charge in [0.2, 0.25) is 11.8 Å². The number of nitrogens with one attached hydrogen (secondary N) is 2. The Bertz CT molecular complexity index is 715. The highest BCUT2D eigenvalue weighted by Gasteiger charge is 2.26. The van der Waals surface area contributed by atoms with Crippen molar-refractivity contribution in [2.24, 2.45) is 0 Å². The number of rotatable bonds is 5. The molecule has 1 aliphatic rings. The predicted molar refractivity (Wildman–Crippen MR) is 80.7 cm³/mol. The first kappa shape index (κ1) is 15.2. The van der Waals surface area contributed by atoms with E-state index in [1.165, 1.54) is 6.07 Å². The van der Waals surface area contributed by atoms with Crippen LogP contribution in [0.1, 0.15) is 24.0 Å². The van der Waals surface area contributed by atoms with Crippen molar-refractivity contribution in [1.82, 2.24) is 20.2 Å². The summed E-state index contributed by atoms with van der Waals surface area (Å²) >= 11 is 0. The highest BCUT2D eigenvalue weighted by molar-refractivity contribution is 5.90. The Hall–Kier alpha value is -2.70. The van der Waals surface area contributed by atoms with Crippen molar-refractivity contribution in [3.05, 3.63) is 53.9 Å². The van der Waals surface area contributed by atoms with Gasteiger partial charge in [-0.3, -0.25) is 9.59 Å². The molecule has 3 rings (SSSR count). The van der Waals surface area contributed by atoms with Crippen molar-refractivity contribution in [2.75, 3.05) is 0 Å². The summed E-state index contributed by atoms with van der Waals surface area (Å²) in [6, 6.07) is 4.29. The molecular weight excluding hydrogens is 299 g/mol. The van der Waals surface area contributed by atoms with E-state index >= 15 is 0 Å². The van der Waals surface area contributed by atoms with Gasteiger partial charge in [-0.25, -0.2) is 9.37 Å². The summed E-state index contributed by atoms with van der Waals surface area (Å²) in [7, 11) is 0. The van der Waals surface area contributed by atoms with Crippen LogP contribution in [-0.2, 0) is 22.7 Å². The van der Waals surface area contributed by atoms with E-state index in [0.29, 0.717) is 31.5 Å². The topological polar surface area (TPSA) is 76.0 Å². The summed E-state index contributed by atoms with van der Waals surface area (Å²) in [5.74, 6) is -0.609. The number of carbonyl (C=O) groups excluding carboxylic acids is 2. The van der Waals surface area contributed by atoms with Crippen LogP contribution in [0, 0.1) is 5.82 Å². The fraction of sp³-hybridized carbons (Fsp3) is 0.312. The maximum absolute atomic E-state index is 13.9. The normalized spacial score (nSPS) is 17.1. The molecule has 1 aromatic carbocycles. The van der Waals surface area contributed by atoms with Gasteiger partial charge >= 0.3 is 0 Å². The first-order chi connectivity index (χ1) is 11.1. The zero-order valence-corrected chi connectivity index (χ0v) is 12.5. The largest absolute Gasteiger partial charge is 0.350 e. The SMILES string of the molecule is O=C1CCC(C(=O)NCc2ccc(F)c(Cn3ccnc3)c2)N1. The van der Waals surface area contributed by atoms with Gasteiger partial charge in [-0.2, -0.15) is 0 Å². The monoisotopic (exact) mass is 316 g/mol. The average Bonchev–Trinajstić information content (AvgIpc) is 3.19. The quantitative estimate of drug-likeness (QED) is 0.863. The van der Waals surface area contributed by atoms with E-state index in [9.17, 15) is 14.0 Å². The number of benzene rings is 1. The van der Waals surface area contributed by atoms with E-state index in [-0.39, 0.29) is 17.6 Å². The van der Waals surface area contributed by atoms with Crippen LogP contribution < -0.4 is 10.6 Å². The van der Waals surface area contributed by atoms with Crippen LogP contribution in [-0.4, -0.2) is 27.4 Å². The zero-order chi connectivity index (χ0) is 16.2. The minimum absolute atomic E-state index is 0.102. The van der Waals surface area contributed by atoms with E-state index in [0.717, 1.165) is 5.56 Å². The Morgan fingerprint density at radius 2 is 2.35 bits per heavy atom. The third-order valence-electron chi connectivity index (χ3n) is 3.80. The molecule has 1 unspecified atom stereocenters. The van der Waals surface area contributed by atoms with Gasteiger partial charge in [-0.15, -0.1) is 0 Å². The van der Waals surface area contributed by atoms with Crippen molar-refractivity contribution in [2.45, 2.75) is 32.0 Å². The maximum atomic E-state index is 13.9. The number of amides is 2. The van der Waals surface area contributed by atoms with Gasteiger partial charge in [-0.05, 0) is 24.1 Å². The Balaban J connectivity index is 1.62. The Labute approximate surface area is 132 Å². The third kappa shape index (κ3) is 3.74. The van der Waals surface area contributed by atoms with Crippen molar-refractivity contribution in [3.63, 3.8) is 0 Å². The van der Waals surface area contributed by atoms with E-state index in [2.05, 4.69) is 15.6 Å². The second-order valence-corrected chi connectivity index (χ2v) is 5.54. The molecule has 1 fully saturated rings. The van der Waals surface area contributed by atoms with Crippen molar-refractivity contribution >= 4 is 11.8 Å². The molecule has 1 aliphatic heterocycles. The van der Waals surface area contributed by atoms with Crippen LogP contribution in [0.4, 0.5) is 4.39 Å². The zero-order valence-electron chi connectivity index (χ0n) is 12.5. The number of carbonyl (C=O) groups is 2. The summed E-state index contributed by atoms with van der Waals surface area (Å²) in [6.07, 6.45) is 5.91. The summed E-state index contributed by atoms with van der Waals surface area (Å²) < 4.78 is 15.7. The van der Waals surface area contributed by atoms with Crippen LogP contribution in [0.15, 0.2) is 36.9 Å². The first-order valence-corrected chi connectivity index (χ1v) is 7.42. The van der Waals surface area contributed by atoms with Gasteiger partial charge in [-0.1, -0.05) is 6.07 Å². The molecule has 0 spiro atoms. The third-order valence-corrected chi connectivity index (χ3v) is 3.80. The fourth-order valence-corrected chi connectivity index (χ4v) is 2.56. The second kappa shape index (κ2) is 6.60. The number of nitrogens with zero attached hydrogens (tertiary/aromatic N) is 2. The molecule has 0 saturated carbocycles. The van der Waals surface area contributed by atoms with Crippen LogP contribution >= 0.6 is 0 Å². The molecule has 2 amide bonds. The molecule has 7 heteroatoms. The fourth-order valence-electron chi connectivity index (χ4n) is 2.56. The summed E-state index contributed by atoms with van der Waals surface area (Å²) in [5.41, 5.74) is 1.34. The average molecular weight is 316 g/mol. The van der Waals surface area contributed by atoms with Crippen LogP contribution in [0.25, 0.3) is 0 Å². The molecule has 6 nitrogen and oxygen atoms in total. The summed E-state index contributed by atoms with van der Waals surface area (Å²) in [6.45, 7) is 0.675. The molecule has 2 aromatic rings. The molecule has 1 saturated heterocycles. The Morgan fingerprint density at radius 3 is 3.04 bits per heavy atom. The van der Waals surface area contributed by atoms with Crippen molar-refractivity contribution in [1.29, 1.82) is 0 Å². The maximum Gasteiger partial charge on any atom is 0.242 e. The van der Waals surface area contributed by atoms with Gasteiger partial charge in [0.1, 0.15) is 11.9 Å². The van der Waals surface area contributed by atoms with E-state index < -0.39 is 6.04 Å². The van der Waals surface area contributed by atoms with Gasteiger partial charge in [0.05, 0.1) is 12.9 Å². The smallest absolute Gasteiger partial charge is 0.242 e. The lowest BCUT2D eigenvalue weighted by molar-refractivity contribution is -0.125. The number of imidazole rings is 1. The standard InChI is InChI=1S/C16H17FN4O2/c17-13-2-1-11(7-12(13)9-21-6-5-18-10-21)8-19-16(23)14-3-4-15(22)20-14/h1-2,5-7,10,14H,3-4,8-9H2,(H,19,23)(H,20,22). The predicted octanol–water partition coefficient (Wildman–Crippen LogP) is 0.965. The molecule has 120 valence electrons. The van der Waals surface area contributed by atoms with E-state index in [4.69, 9.17) is 0 Å². The number of halogens is 1. The highest BCUT2D eigenvalue weighted by atomic mass is 19.1. The van der Waals surface area contributed by atoms with Gasteiger partial charge in [0, 0.05) is 30.9 Å². The van der Waals surface area contributed by atoms with Gasteiger partial charge in [0.25, 0.3) is 0 Å². The molecule has 1 atom stereocenters. The second-order valence-electron chi connectivity index (χ2n) is 5.54. The van der Waals surface area contributed by atoms with Gasteiger partial charge < -0.3 is 15.2 Å². The lowest BCUT2D eigenvalue weighted by atomic mass is 10.1. The number of hydrogen-bond acceptors (Lipinski definition) is 3. The number of aromatic nitrogens is 2. The lowest BCUT2D eigenvalue weighted by Gasteiger charge is -2.12. The molecule has 0 bridgehead atoms. The van der Waals surface area contributed by atoms with Crippen molar-refractivity contribution in [3.8, 4) is 0 Å². The highest BCUT2D eigenvalue weighted by Crippen LogP contribution is 2.13. The molecule has 2 N–H and O–H groups in total. The lowest BCUT2D eigenvalue weighted by Crippen LogP contribution is -2.41. The summed E-state index contributed by atoms with van der Waals surface area (Å²) in [5, 5.41) is 5.39. The first-order valence-electron chi connectivity index (χ1n) is 7.42. The molecule has 2 heterocycles. The molecule has 0 aliphatic carbocycles. The van der Waals surface area contributed by atoms with Crippen LogP contribution in [0.5, 0.6) is 0 Å².